The smallest absolute Gasteiger partial charge is 0.242 e. The number of carbonyl (C=O) groups excluding carboxylic acids is 2. The zero-order valence-electron chi connectivity index (χ0n) is 16.6. The van der Waals surface area contributed by atoms with E-state index in [9.17, 15) is 9.59 Å². The fraction of sp³-hybridized carbons (Fsp3) is 0.333. The Morgan fingerprint density at radius 3 is 1.93 bits per heavy atom. The molecule has 2 rings (SSSR count). The van der Waals surface area contributed by atoms with Crippen molar-refractivity contribution < 1.29 is 9.59 Å². The van der Waals surface area contributed by atoms with Gasteiger partial charge in [-0.25, -0.2) is 0 Å². The van der Waals surface area contributed by atoms with E-state index in [0.29, 0.717) is 37.8 Å². The van der Waals surface area contributed by atoms with Gasteiger partial charge >= 0.3 is 0 Å². The van der Waals surface area contributed by atoms with Gasteiger partial charge in [-0.15, -0.1) is 11.8 Å². The van der Waals surface area contributed by atoms with Crippen molar-refractivity contribution in [2.24, 2.45) is 0 Å². The Hall–Kier alpha value is -1.11. The number of carbonyl (C=O) groups is 2. The molecule has 1 N–H and O–H groups in total. The lowest BCUT2D eigenvalue weighted by atomic mass is 10.1. The molecule has 0 radical (unpaired) electrons. The van der Waals surface area contributed by atoms with Crippen molar-refractivity contribution in [3.63, 3.8) is 0 Å². The fourth-order valence-electron chi connectivity index (χ4n) is 2.93. The summed E-state index contributed by atoms with van der Waals surface area (Å²) in [5.41, 5.74) is 1.38. The topological polar surface area (TPSA) is 49.4 Å². The highest BCUT2D eigenvalue weighted by Gasteiger charge is 2.29. The maximum Gasteiger partial charge on any atom is 0.242 e. The molecule has 0 spiro atoms. The molecule has 9 heteroatoms. The summed E-state index contributed by atoms with van der Waals surface area (Å²) in [7, 11) is 1.55. The van der Waals surface area contributed by atoms with E-state index in [1.807, 2.05) is 6.92 Å². The second kappa shape index (κ2) is 12.1. The molecular weight excluding hydrogens is 486 g/mol. The molecule has 2 aromatic carbocycles. The molecule has 0 saturated heterocycles. The Labute approximate surface area is 201 Å². The summed E-state index contributed by atoms with van der Waals surface area (Å²) in [5.74, 6) is 0.182. The highest BCUT2D eigenvalue weighted by Crippen LogP contribution is 2.30. The number of likely N-dealkylation sites (N-methyl/N-ethyl adjacent to an activating group) is 1. The van der Waals surface area contributed by atoms with E-state index < -0.39 is 6.04 Å². The first kappa shape index (κ1) is 25.2. The van der Waals surface area contributed by atoms with Crippen molar-refractivity contribution in [1.82, 2.24) is 10.2 Å². The number of hydrogen-bond donors (Lipinski definition) is 1. The molecule has 0 unspecified atom stereocenters. The van der Waals surface area contributed by atoms with Crippen LogP contribution in [-0.2, 0) is 21.9 Å². The third-order valence-corrected chi connectivity index (χ3v) is 6.92. The zero-order valence-corrected chi connectivity index (χ0v) is 20.4. The number of nitrogens with one attached hydrogen (secondary N) is 1. The van der Waals surface area contributed by atoms with Crippen LogP contribution in [0.25, 0.3) is 0 Å². The molecule has 0 aliphatic heterocycles. The van der Waals surface area contributed by atoms with Crippen LogP contribution in [0.2, 0.25) is 20.1 Å². The maximum absolute atomic E-state index is 13.1. The summed E-state index contributed by atoms with van der Waals surface area (Å²) in [6.07, 6.45) is 0.453. The third-order valence-electron chi connectivity index (χ3n) is 4.56. The molecular formula is C21H22Cl4N2O2S. The fourth-order valence-corrected chi connectivity index (χ4v) is 5.10. The average molecular weight is 508 g/mol. The van der Waals surface area contributed by atoms with Gasteiger partial charge in [0.2, 0.25) is 11.8 Å². The minimum absolute atomic E-state index is 0.136. The Kier molecular flexibility index (Phi) is 10.1. The monoisotopic (exact) mass is 506 g/mol. The Morgan fingerprint density at radius 1 is 0.967 bits per heavy atom. The summed E-state index contributed by atoms with van der Waals surface area (Å²) in [6.45, 7) is 1.99. The van der Waals surface area contributed by atoms with Gasteiger partial charge in [0.25, 0.3) is 0 Å². The van der Waals surface area contributed by atoms with E-state index in [4.69, 9.17) is 46.4 Å². The van der Waals surface area contributed by atoms with Crippen LogP contribution in [-0.4, -0.2) is 35.6 Å². The molecule has 0 heterocycles. The molecule has 0 aliphatic rings. The van der Waals surface area contributed by atoms with Crippen LogP contribution in [0.1, 0.15) is 24.5 Å². The van der Waals surface area contributed by atoms with Crippen LogP contribution in [0.5, 0.6) is 0 Å². The first-order valence-electron chi connectivity index (χ1n) is 9.24. The molecule has 4 nitrogen and oxygen atoms in total. The maximum atomic E-state index is 13.1. The van der Waals surface area contributed by atoms with Crippen molar-refractivity contribution in [3.05, 3.63) is 67.6 Å². The van der Waals surface area contributed by atoms with Crippen LogP contribution in [0, 0.1) is 0 Å². The molecule has 30 heavy (non-hydrogen) atoms. The highest BCUT2D eigenvalue weighted by atomic mass is 35.5. The van der Waals surface area contributed by atoms with Crippen molar-refractivity contribution >= 4 is 70.0 Å². The van der Waals surface area contributed by atoms with Crippen LogP contribution < -0.4 is 5.32 Å². The van der Waals surface area contributed by atoms with E-state index in [0.717, 1.165) is 5.56 Å². The molecule has 162 valence electrons. The minimum Gasteiger partial charge on any atom is -0.357 e. The van der Waals surface area contributed by atoms with Gasteiger partial charge in [0.1, 0.15) is 6.04 Å². The van der Waals surface area contributed by atoms with E-state index in [1.165, 1.54) is 16.7 Å². The molecule has 0 fully saturated rings. The third kappa shape index (κ3) is 6.44. The highest BCUT2D eigenvalue weighted by molar-refractivity contribution is 7.99. The summed E-state index contributed by atoms with van der Waals surface area (Å²) in [5, 5.41) is 4.63. The second-order valence-corrected chi connectivity index (χ2v) is 9.07. The number of hydrogen-bond acceptors (Lipinski definition) is 3. The summed E-state index contributed by atoms with van der Waals surface area (Å²) in [6, 6.07) is 9.80. The summed E-state index contributed by atoms with van der Waals surface area (Å²) >= 11 is 26.4. The number of halogens is 4. The average Bonchev–Trinajstić information content (AvgIpc) is 2.71. The standard InChI is InChI=1S/C21H22Cl4N2O2S/c1-3-19(21(29)26-2)27(10-13-15(22)6-4-7-16(13)23)20(28)12-30-11-14-17(24)8-5-9-18(14)25/h4-9,19H,3,10-12H2,1-2H3,(H,26,29)/t19-/m0/s1. The van der Waals surface area contributed by atoms with E-state index >= 15 is 0 Å². The Morgan fingerprint density at radius 2 is 1.47 bits per heavy atom. The molecule has 0 bridgehead atoms. The lowest BCUT2D eigenvalue weighted by Crippen LogP contribution is -2.48. The molecule has 0 saturated carbocycles. The number of amides is 2. The largest absolute Gasteiger partial charge is 0.357 e. The first-order valence-corrected chi connectivity index (χ1v) is 11.9. The predicted molar refractivity (Wildman–Crippen MR) is 128 cm³/mol. The van der Waals surface area contributed by atoms with E-state index in [2.05, 4.69) is 5.32 Å². The minimum atomic E-state index is -0.639. The molecule has 0 aliphatic carbocycles. The quantitative estimate of drug-likeness (QED) is 0.447. The summed E-state index contributed by atoms with van der Waals surface area (Å²) < 4.78 is 0. The molecule has 2 aromatic rings. The number of benzene rings is 2. The van der Waals surface area contributed by atoms with Crippen molar-refractivity contribution in [3.8, 4) is 0 Å². The van der Waals surface area contributed by atoms with E-state index in [-0.39, 0.29) is 24.1 Å². The number of rotatable bonds is 9. The van der Waals surface area contributed by atoms with Gasteiger partial charge in [-0.2, -0.15) is 0 Å². The van der Waals surface area contributed by atoms with E-state index in [1.54, 1.807) is 43.4 Å². The lowest BCUT2D eigenvalue weighted by Gasteiger charge is -2.30. The van der Waals surface area contributed by atoms with Crippen molar-refractivity contribution in [1.29, 1.82) is 0 Å². The number of nitrogens with zero attached hydrogens (tertiary/aromatic N) is 1. The molecule has 2 amide bonds. The normalized spacial score (nSPS) is 11.8. The molecule has 0 aromatic heterocycles. The van der Waals surface area contributed by atoms with Crippen LogP contribution in [0.15, 0.2) is 36.4 Å². The Balaban J connectivity index is 2.20. The van der Waals surface area contributed by atoms with Gasteiger partial charge in [-0.05, 0) is 36.2 Å². The molecule has 1 atom stereocenters. The lowest BCUT2D eigenvalue weighted by molar-refractivity contribution is -0.139. The van der Waals surface area contributed by atoms with Gasteiger partial charge in [-0.3, -0.25) is 9.59 Å². The van der Waals surface area contributed by atoms with Crippen LogP contribution in [0.4, 0.5) is 0 Å². The van der Waals surface area contributed by atoms with Gasteiger partial charge in [0, 0.05) is 45.0 Å². The van der Waals surface area contributed by atoms with Gasteiger partial charge < -0.3 is 10.2 Å². The van der Waals surface area contributed by atoms with Gasteiger partial charge in [-0.1, -0.05) is 65.5 Å². The van der Waals surface area contributed by atoms with Crippen molar-refractivity contribution in [2.45, 2.75) is 31.7 Å². The second-order valence-electron chi connectivity index (χ2n) is 6.45. The predicted octanol–water partition coefficient (Wildman–Crippen LogP) is 6.09. The summed E-state index contributed by atoms with van der Waals surface area (Å²) in [4.78, 5) is 27.1. The SMILES string of the molecule is CC[C@@H](C(=O)NC)N(Cc1c(Cl)cccc1Cl)C(=O)CSCc1c(Cl)cccc1Cl. The zero-order chi connectivity index (χ0) is 22.3. The van der Waals surface area contributed by atoms with Gasteiger partial charge in [0.05, 0.1) is 5.75 Å². The van der Waals surface area contributed by atoms with Crippen molar-refractivity contribution in [2.75, 3.05) is 12.8 Å². The van der Waals surface area contributed by atoms with Crippen LogP contribution in [0.3, 0.4) is 0 Å². The Bertz CT molecular complexity index is 870. The van der Waals surface area contributed by atoms with Gasteiger partial charge in [0.15, 0.2) is 0 Å². The number of thioether (sulfide) groups is 1. The van der Waals surface area contributed by atoms with Crippen LogP contribution >= 0.6 is 58.2 Å². The first-order chi connectivity index (χ1) is 14.3.